The molecule has 0 bridgehead atoms. The van der Waals surface area contributed by atoms with Gasteiger partial charge in [-0.1, -0.05) is 18.2 Å². The van der Waals surface area contributed by atoms with Crippen LogP contribution in [0.2, 0.25) is 0 Å². The molecule has 0 saturated carbocycles. The first-order chi connectivity index (χ1) is 20.5. The summed E-state index contributed by atoms with van der Waals surface area (Å²) >= 11 is 0. The minimum Gasteiger partial charge on any atom is -0.508 e. The molecule has 0 amide bonds. The lowest BCUT2D eigenvalue weighted by Crippen LogP contribution is -2.60. The van der Waals surface area contributed by atoms with Crippen LogP contribution in [0.5, 0.6) is 28.7 Å². The third-order valence-corrected chi connectivity index (χ3v) is 6.73. The van der Waals surface area contributed by atoms with E-state index in [1.54, 1.807) is 0 Å². The van der Waals surface area contributed by atoms with Crippen molar-refractivity contribution in [2.45, 2.75) is 30.7 Å². The third kappa shape index (κ3) is 6.24. The quantitative estimate of drug-likeness (QED) is 0.0923. The molecule has 1 fully saturated rings. The Labute approximate surface area is 242 Å². The highest BCUT2D eigenvalue weighted by Crippen LogP contribution is 2.33. The van der Waals surface area contributed by atoms with Gasteiger partial charge in [0.05, 0.1) is 5.56 Å². The molecule has 7 N–H and O–H groups in total. The number of benzene rings is 3. The maximum absolute atomic E-state index is 13.1. The lowest BCUT2D eigenvalue weighted by atomic mass is 9.99. The summed E-state index contributed by atoms with van der Waals surface area (Å²) in [5.74, 6) is -2.19. The monoisotopic (exact) mass is 594 g/mol. The molecule has 2 heterocycles. The van der Waals surface area contributed by atoms with E-state index in [1.165, 1.54) is 60.9 Å². The Hall–Kier alpha value is -5.08. The molecule has 0 aliphatic carbocycles. The van der Waals surface area contributed by atoms with Crippen molar-refractivity contribution < 1.29 is 59.2 Å². The van der Waals surface area contributed by atoms with E-state index >= 15 is 0 Å². The fraction of sp³-hybridized carbons (Fsp3) is 0.200. The largest absolute Gasteiger partial charge is 0.508 e. The van der Waals surface area contributed by atoms with Gasteiger partial charge in [0.25, 0.3) is 0 Å². The van der Waals surface area contributed by atoms with Crippen LogP contribution >= 0.6 is 0 Å². The van der Waals surface area contributed by atoms with Gasteiger partial charge >= 0.3 is 5.97 Å². The molecular weight excluding hydrogens is 568 g/mol. The van der Waals surface area contributed by atoms with Crippen LogP contribution in [-0.4, -0.2) is 79.0 Å². The van der Waals surface area contributed by atoms with Crippen molar-refractivity contribution in [3.05, 3.63) is 82.7 Å². The lowest BCUT2D eigenvalue weighted by molar-refractivity contribution is -0.278. The predicted molar refractivity (Wildman–Crippen MR) is 148 cm³/mol. The van der Waals surface area contributed by atoms with Gasteiger partial charge < -0.3 is 54.4 Å². The van der Waals surface area contributed by atoms with Crippen LogP contribution in [-0.2, 0) is 14.3 Å². The second kappa shape index (κ2) is 12.0. The molecule has 0 spiro atoms. The van der Waals surface area contributed by atoms with Crippen LogP contribution in [0.25, 0.3) is 28.2 Å². The molecule has 4 aromatic rings. The molecule has 43 heavy (non-hydrogen) atoms. The average molecular weight is 595 g/mol. The number of carbonyl (C=O) groups is 1. The number of hydrogen-bond donors (Lipinski definition) is 7. The zero-order chi connectivity index (χ0) is 30.8. The van der Waals surface area contributed by atoms with Crippen LogP contribution in [0.1, 0.15) is 5.56 Å². The van der Waals surface area contributed by atoms with Crippen LogP contribution in [0, 0.1) is 0 Å². The molecule has 13 nitrogen and oxygen atoms in total. The van der Waals surface area contributed by atoms with E-state index in [2.05, 4.69) is 0 Å². The van der Waals surface area contributed by atoms with Crippen LogP contribution in [0.15, 0.2) is 76.1 Å². The fourth-order valence-corrected chi connectivity index (χ4v) is 4.42. The number of aromatic hydroxyl groups is 4. The van der Waals surface area contributed by atoms with Gasteiger partial charge in [0, 0.05) is 18.2 Å². The molecule has 5 rings (SSSR count). The number of aliphatic hydroxyl groups excluding tert-OH is 3. The van der Waals surface area contributed by atoms with Crippen molar-refractivity contribution >= 4 is 23.0 Å². The van der Waals surface area contributed by atoms with Crippen LogP contribution in [0.4, 0.5) is 0 Å². The van der Waals surface area contributed by atoms with Crippen LogP contribution < -0.4 is 10.2 Å². The van der Waals surface area contributed by atoms with Crippen molar-refractivity contribution in [1.82, 2.24) is 0 Å². The van der Waals surface area contributed by atoms with Gasteiger partial charge in [-0.25, -0.2) is 4.79 Å². The average Bonchev–Trinajstić information content (AvgIpc) is 2.98. The normalized spacial score (nSPS) is 22.1. The zero-order valence-electron chi connectivity index (χ0n) is 22.1. The zero-order valence-corrected chi connectivity index (χ0v) is 22.1. The SMILES string of the molecule is O=C(/C=C/c1ccc(O)c(O)c1)OC[C@H]1O[C@@H](Oc2cc(O)c3c(=O)c(-c4ccc(O)cc4)coc3c2)[C@H](O)[C@@H](O)[C@@H]1O. The molecule has 1 saturated heterocycles. The fourth-order valence-electron chi connectivity index (χ4n) is 4.42. The highest BCUT2D eigenvalue weighted by molar-refractivity contribution is 5.88. The molecule has 1 aromatic heterocycles. The second-order valence-electron chi connectivity index (χ2n) is 9.68. The van der Waals surface area contributed by atoms with Gasteiger partial charge in [0.2, 0.25) is 11.7 Å². The summed E-state index contributed by atoms with van der Waals surface area (Å²) in [6.45, 7) is -0.549. The summed E-state index contributed by atoms with van der Waals surface area (Å²) in [4.78, 5) is 25.3. The maximum Gasteiger partial charge on any atom is 0.330 e. The topological polar surface area (TPSA) is 217 Å². The Balaban J connectivity index is 1.29. The third-order valence-electron chi connectivity index (χ3n) is 6.73. The first-order valence-corrected chi connectivity index (χ1v) is 12.8. The summed E-state index contributed by atoms with van der Waals surface area (Å²) in [5.41, 5.74) is 0.350. The second-order valence-corrected chi connectivity index (χ2v) is 9.68. The van der Waals surface area contributed by atoms with Crippen LogP contribution in [0.3, 0.4) is 0 Å². The number of aliphatic hydroxyl groups is 3. The summed E-state index contributed by atoms with van der Waals surface area (Å²) in [6.07, 6.45) is -4.61. The van der Waals surface area contributed by atoms with Gasteiger partial charge in [-0.2, -0.15) is 0 Å². The van der Waals surface area contributed by atoms with Crippen molar-refractivity contribution in [3.63, 3.8) is 0 Å². The van der Waals surface area contributed by atoms with Crippen molar-refractivity contribution in [2.24, 2.45) is 0 Å². The van der Waals surface area contributed by atoms with Crippen molar-refractivity contribution in [1.29, 1.82) is 0 Å². The summed E-state index contributed by atoms with van der Waals surface area (Å²) < 4.78 is 21.8. The first-order valence-electron chi connectivity index (χ1n) is 12.8. The number of phenolic OH excluding ortho intramolecular Hbond substituents is 4. The molecule has 224 valence electrons. The smallest absolute Gasteiger partial charge is 0.330 e. The van der Waals surface area contributed by atoms with E-state index in [0.29, 0.717) is 11.1 Å². The Kier molecular flexibility index (Phi) is 8.23. The maximum atomic E-state index is 13.1. The van der Waals surface area contributed by atoms with Gasteiger partial charge in [0.15, 0.2) is 11.5 Å². The highest BCUT2D eigenvalue weighted by atomic mass is 16.7. The Morgan fingerprint density at radius 1 is 0.860 bits per heavy atom. The van der Waals surface area contributed by atoms with Gasteiger partial charge in [-0.05, 0) is 41.5 Å². The Morgan fingerprint density at radius 2 is 1.60 bits per heavy atom. The lowest BCUT2D eigenvalue weighted by Gasteiger charge is -2.39. The van der Waals surface area contributed by atoms with E-state index in [-0.39, 0.29) is 39.5 Å². The number of hydrogen-bond acceptors (Lipinski definition) is 13. The first kappa shape index (κ1) is 29.4. The van der Waals surface area contributed by atoms with Crippen molar-refractivity contribution in [3.8, 4) is 39.9 Å². The molecule has 3 aromatic carbocycles. The number of rotatable bonds is 7. The van der Waals surface area contributed by atoms with E-state index in [0.717, 1.165) is 12.1 Å². The standard InChI is InChI=1S/C30H26O13/c31-16-5-3-15(4-6-16)18-12-40-22-11-17(10-21(34)25(22)26(18)36)42-30-29(39)28(38)27(37)23(43-30)13-41-24(35)8-2-14-1-7-19(32)20(33)9-14/h1-12,23,27-34,37-39H,13H2/b8-2+/t23-,27-,28+,29-,30-/m1/s1. The molecular formula is C30H26O13. The summed E-state index contributed by atoms with van der Waals surface area (Å²) in [7, 11) is 0. The van der Waals surface area contributed by atoms with E-state index in [1.807, 2.05) is 0 Å². The number of carbonyl (C=O) groups excluding carboxylic acids is 1. The molecule has 5 atom stereocenters. The molecule has 0 radical (unpaired) electrons. The van der Waals surface area contributed by atoms with Gasteiger partial charge in [-0.15, -0.1) is 0 Å². The van der Waals surface area contributed by atoms with Gasteiger partial charge in [-0.3, -0.25) is 4.79 Å². The minimum absolute atomic E-state index is 0.00747. The molecule has 1 aliphatic heterocycles. The minimum atomic E-state index is -1.77. The van der Waals surface area contributed by atoms with E-state index in [4.69, 9.17) is 18.6 Å². The number of esters is 1. The number of fused-ring (bicyclic) bond motifs is 1. The Morgan fingerprint density at radius 3 is 2.33 bits per heavy atom. The number of ether oxygens (including phenoxy) is 3. The molecule has 1 aliphatic rings. The summed E-state index contributed by atoms with van der Waals surface area (Å²) in [5, 5.41) is 70.1. The van der Waals surface area contributed by atoms with E-state index < -0.39 is 54.5 Å². The highest BCUT2D eigenvalue weighted by Gasteiger charge is 2.45. The van der Waals surface area contributed by atoms with Crippen molar-refractivity contribution in [2.75, 3.05) is 6.61 Å². The van der Waals surface area contributed by atoms with Gasteiger partial charge in [0.1, 0.15) is 65.5 Å². The molecule has 13 heteroatoms. The number of phenols is 4. The predicted octanol–water partition coefficient (Wildman–Crippen LogP) is 1.73. The summed E-state index contributed by atoms with van der Waals surface area (Å²) in [6, 6.07) is 12.0. The Bertz CT molecular complexity index is 1730. The molecule has 0 unspecified atom stereocenters. The van der Waals surface area contributed by atoms with E-state index in [9.17, 15) is 45.3 Å².